The van der Waals surface area contributed by atoms with Gasteiger partial charge in [-0.15, -0.1) is 0 Å². The van der Waals surface area contributed by atoms with Crippen LogP contribution in [-0.4, -0.2) is 48.3 Å². The van der Waals surface area contributed by atoms with E-state index >= 15 is 0 Å². The number of urea groups is 1. The highest BCUT2D eigenvalue weighted by atomic mass is 16.5. The molecule has 2 aromatic rings. The van der Waals surface area contributed by atoms with E-state index in [1.54, 1.807) is 11.1 Å². The van der Waals surface area contributed by atoms with Crippen molar-refractivity contribution in [1.29, 1.82) is 0 Å². The minimum absolute atomic E-state index is 0.0997. The van der Waals surface area contributed by atoms with Gasteiger partial charge in [0.1, 0.15) is 12.4 Å². The normalized spacial score (nSPS) is 16.1. The van der Waals surface area contributed by atoms with E-state index in [4.69, 9.17) is 9.47 Å². The third-order valence-electron chi connectivity index (χ3n) is 4.54. The van der Waals surface area contributed by atoms with Gasteiger partial charge in [-0.2, -0.15) is 0 Å². The number of aryl methyl sites for hydroxylation is 1. The lowest BCUT2D eigenvalue weighted by molar-refractivity contribution is 0.0790. The smallest absolute Gasteiger partial charge is 0.317 e. The molecule has 0 aliphatic carbocycles. The molecule has 6 nitrogen and oxygen atoms in total. The zero-order valence-corrected chi connectivity index (χ0v) is 15.8. The highest BCUT2D eigenvalue weighted by Crippen LogP contribution is 2.16. The van der Waals surface area contributed by atoms with Gasteiger partial charge in [0.05, 0.1) is 24.9 Å². The van der Waals surface area contributed by atoms with Crippen LogP contribution >= 0.6 is 0 Å². The van der Waals surface area contributed by atoms with Crippen LogP contribution in [-0.2, 0) is 11.3 Å². The minimum atomic E-state index is -0.121. The lowest BCUT2D eigenvalue weighted by atomic mass is 10.2. The van der Waals surface area contributed by atoms with Crippen LogP contribution in [0.5, 0.6) is 5.75 Å². The molecule has 0 spiro atoms. The van der Waals surface area contributed by atoms with Crippen molar-refractivity contribution in [2.45, 2.75) is 32.4 Å². The Morgan fingerprint density at radius 2 is 2.15 bits per heavy atom. The van der Waals surface area contributed by atoms with Crippen LogP contribution in [0, 0.1) is 6.92 Å². The monoisotopic (exact) mass is 369 g/mol. The van der Waals surface area contributed by atoms with Crippen LogP contribution in [0.25, 0.3) is 0 Å². The van der Waals surface area contributed by atoms with E-state index < -0.39 is 0 Å². The SMILES string of the molecule is Cc1ccccc1OCCNC(=O)N(Cc1ccccn1)CC1CCCO1. The number of hydrogen-bond acceptors (Lipinski definition) is 4. The lowest BCUT2D eigenvalue weighted by Crippen LogP contribution is -2.44. The molecule has 0 saturated carbocycles. The zero-order valence-electron chi connectivity index (χ0n) is 15.8. The summed E-state index contributed by atoms with van der Waals surface area (Å²) in [5.41, 5.74) is 1.95. The maximum atomic E-state index is 12.7. The van der Waals surface area contributed by atoms with Gasteiger partial charge < -0.3 is 19.7 Å². The number of aromatic nitrogens is 1. The van der Waals surface area contributed by atoms with E-state index in [0.717, 1.165) is 36.5 Å². The molecule has 1 aromatic heterocycles. The lowest BCUT2D eigenvalue weighted by Gasteiger charge is -2.25. The molecular formula is C21H27N3O3. The van der Waals surface area contributed by atoms with Crippen molar-refractivity contribution in [3.63, 3.8) is 0 Å². The molecule has 2 heterocycles. The maximum Gasteiger partial charge on any atom is 0.317 e. The van der Waals surface area contributed by atoms with Gasteiger partial charge >= 0.3 is 6.03 Å². The Bertz CT molecular complexity index is 718. The number of rotatable bonds is 8. The zero-order chi connectivity index (χ0) is 18.9. The molecule has 1 unspecified atom stereocenters. The molecule has 0 bridgehead atoms. The second-order valence-electron chi connectivity index (χ2n) is 6.68. The number of nitrogens with zero attached hydrogens (tertiary/aromatic N) is 2. The first kappa shape index (κ1) is 19.2. The van der Waals surface area contributed by atoms with Crippen LogP contribution in [0.15, 0.2) is 48.7 Å². The van der Waals surface area contributed by atoms with Gasteiger partial charge in [-0.05, 0) is 43.5 Å². The number of hydrogen-bond donors (Lipinski definition) is 1. The molecule has 2 amide bonds. The van der Waals surface area contributed by atoms with E-state index in [0.29, 0.717) is 26.2 Å². The fourth-order valence-electron chi connectivity index (χ4n) is 3.09. The average Bonchev–Trinajstić information content (AvgIpc) is 3.20. The fraction of sp³-hybridized carbons (Fsp3) is 0.429. The predicted molar refractivity (Wildman–Crippen MR) is 104 cm³/mol. The number of carbonyl (C=O) groups is 1. The standard InChI is InChI=1S/C21H27N3O3/c1-17-7-2-3-10-20(17)27-14-12-23-21(25)24(16-19-9-6-13-26-19)15-18-8-4-5-11-22-18/h2-5,7-8,10-11,19H,6,9,12-16H2,1H3,(H,23,25). The van der Waals surface area contributed by atoms with Gasteiger partial charge in [-0.3, -0.25) is 4.98 Å². The number of nitrogens with one attached hydrogen (secondary N) is 1. The number of benzene rings is 1. The predicted octanol–water partition coefficient (Wildman–Crippen LogP) is 3.16. The maximum absolute atomic E-state index is 12.7. The molecule has 3 rings (SSSR count). The Morgan fingerprint density at radius 3 is 2.89 bits per heavy atom. The van der Waals surface area contributed by atoms with Crippen LogP contribution in [0.1, 0.15) is 24.1 Å². The van der Waals surface area contributed by atoms with Gasteiger partial charge in [0, 0.05) is 19.3 Å². The summed E-state index contributed by atoms with van der Waals surface area (Å²) in [6, 6.07) is 13.5. The fourth-order valence-corrected chi connectivity index (χ4v) is 3.09. The third kappa shape index (κ3) is 5.96. The summed E-state index contributed by atoms with van der Waals surface area (Å²) in [6.45, 7) is 4.68. The van der Waals surface area contributed by atoms with Crippen molar-refractivity contribution in [3.8, 4) is 5.75 Å². The molecule has 1 aromatic carbocycles. The Morgan fingerprint density at radius 1 is 1.30 bits per heavy atom. The topological polar surface area (TPSA) is 63.7 Å². The van der Waals surface area contributed by atoms with Gasteiger partial charge in [0.25, 0.3) is 0 Å². The second-order valence-corrected chi connectivity index (χ2v) is 6.68. The minimum Gasteiger partial charge on any atom is -0.491 e. The number of amides is 2. The van der Waals surface area contributed by atoms with E-state index in [1.807, 2.05) is 49.4 Å². The number of pyridine rings is 1. The van der Waals surface area contributed by atoms with Gasteiger partial charge in [-0.1, -0.05) is 24.3 Å². The Hall–Kier alpha value is -2.60. The van der Waals surface area contributed by atoms with E-state index in [-0.39, 0.29) is 12.1 Å². The molecule has 1 N–H and O–H groups in total. The van der Waals surface area contributed by atoms with Gasteiger partial charge in [-0.25, -0.2) is 4.79 Å². The average molecular weight is 369 g/mol. The van der Waals surface area contributed by atoms with Crippen LogP contribution in [0.4, 0.5) is 4.79 Å². The van der Waals surface area contributed by atoms with Crippen LogP contribution in [0.2, 0.25) is 0 Å². The summed E-state index contributed by atoms with van der Waals surface area (Å²) in [7, 11) is 0. The summed E-state index contributed by atoms with van der Waals surface area (Å²) >= 11 is 0. The van der Waals surface area contributed by atoms with Crippen molar-refractivity contribution in [3.05, 3.63) is 59.9 Å². The largest absolute Gasteiger partial charge is 0.491 e. The third-order valence-corrected chi connectivity index (χ3v) is 4.54. The summed E-state index contributed by atoms with van der Waals surface area (Å²) in [4.78, 5) is 18.8. The van der Waals surface area contributed by atoms with Gasteiger partial charge in [0.2, 0.25) is 0 Å². The van der Waals surface area contributed by atoms with Crippen LogP contribution < -0.4 is 10.1 Å². The molecule has 1 aliphatic rings. The first-order valence-corrected chi connectivity index (χ1v) is 9.45. The number of carbonyl (C=O) groups excluding carboxylic acids is 1. The molecule has 27 heavy (non-hydrogen) atoms. The molecule has 144 valence electrons. The molecular weight excluding hydrogens is 342 g/mol. The van der Waals surface area contributed by atoms with Crippen molar-refractivity contribution >= 4 is 6.03 Å². The molecule has 1 atom stereocenters. The Labute approximate surface area is 160 Å². The highest BCUT2D eigenvalue weighted by molar-refractivity contribution is 5.74. The van der Waals surface area contributed by atoms with Crippen molar-refractivity contribution in [2.24, 2.45) is 0 Å². The molecule has 1 saturated heterocycles. The van der Waals surface area contributed by atoms with Crippen molar-refractivity contribution < 1.29 is 14.3 Å². The number of ether oxygens (including phenoxy) is 2. The first-order valence-electron chi connectivity index (χ1n) is 9.45. The summed E-state index contributed by atoms with van der Waals surface area (Å²) in [6.07, 6.45) is 3.88. The Kier molecular flexibility index (Phi) is 7.04. The van der Waals surface area contributed by atoms with E-state index in [2.05, 4.69) is 10.3 Å². The molecule has 0 radical (unpaired) electrons. The Balaban J connectivity index is 1.51. The summed E-state index contributed by atoms with van der Waals surface area (Å²) in [5.74, 6) is 0.844. The van der Waals surface area contributed by atoms with Gasteiger partial charge in [0.15, 0.2) is 0 Å². The van der Waals surface area contributed by atoms with Crippen molar-refractivity contribution in [1.82, 2.24) is 15.2 Å². The quantitative estimate of drug-likeness (QED) is 0.726. The molecule has 1 aliphatic heterocycles. The highest BCUT2D eigenvalue weighted by Gasteiger charge is 2.23. The second kappa shape index (κ2) is 9.92. The van der Waals surface area contributed by atoms with Crippen molar-refractivity contribution in [2.75, 3.05) is 26.3 Å². The van der Waals surface area contributed by atoms with E-state index in [1.165, 1.54) is 0 Å². The molecule has 1 fully saturated rings. The first-order chi connectivity index (χ1) is 13.2. The molecule has 6 heteroatoms. The van der Waals surface area contributed by atoms with Crippen LogP contribution in [0.3, 0.4) is 0 Å². The van der Waals surface area contributed by atoms with E-state index in [9.17, 15) is 4.79 Å². The summed E-state index contributed by atoms with van der Waals surface area (Å²) < 4.78 is 11.4. The number of para-hydroxylation sites is 1. The summed E-state index contributed by atoms with van der Waals surface area (Å²) in [5, 5.41) is 2.95.